The Morgan fingerprint density at radius 3 is 1.52 bits per heavy atom. The van der Waals surface area contributed by atoms with Crippen LogP contribution in [-0.2, 0) is 43.2 Å². The van der Waals surface area contributed by atoms with Crippen molar-refractivity contribution in [2.45, 2.75) is 63.5 Å². The second-order valence-electron chi connectivity index (χ2n) is 13.2. The number of aliphatic hydroxyl groups is 4. The standard InChI is InChI=1S/C25H36Cl2N10O14P4S4.4Na/c1-58-23-32-19(28)13-21(34-23)36(7-30-13)11-3-9(15(38)17(11)40)5-48-54(46,56)50-52(42,43)25(26,27)53(44,45)51-55(47,57)49-6-10-4-12(18(41)16(10)39)37-8-31-14-20(29)33-24(59-2)35-22(14)37;;;;/h7-12,15-18,38-41H,3-6H2,1-2H3,(H,42,43)(H,44,45)(H,46,56)(H,47,57)(H2,28,32,34)(H2,29,33,35);;;;/q;4*+1/t9-,10-,11-,12-,15-,16-,17+,18+,54?,55?;;;;/m1..../s1. The molecule has 24 nitrogen and oxygen atoms in total. The van der Waals surface area contributed by atoms with E-state index in [1.54, 1.807) is 12.5 Å². The van der Waals surface area contributed by atoms with Gasteiger partial charge in [0.05, 0.1) is 50.2 Å². The average molecular weight is 1120 g/mol. The molecule has 4 heterocycles. The van der Waals surface area contributed by atoms with Crippen molar-refractivity contribution >= 4 is 133 Å². The minimum Gasteiger partial charge on any atom is -0.390 e. The summed E-state index contributed by atoms with van der Waals surface area (Å²) in [6.07, 6.45) is 0.137. The van der Waals surface area contributed by atoms with Crippen LogP contribution in [0, 0.1) is 11.8 Å². The largest absolute Gasteiger partial charge is 1.00 e. The van der Waals surface area contributed by atoms with Gasteiger partial charge in [-0.2, -0.15) is 0 Å². The number of thiol groups is 1. The fraction of sp³-hybridized carbons (Fsp3) is 0.600. The van der Waals surface area contributed by atoms with Gasteiger partial charge in [-0.05, 0) is 37.2 Å². The number of alkyl halides is 2. The predicted molar refractivity (Wildman–Crippen MR) is 223 cm³/mol. The normalized spacial score (nSPS) is 27.5. The van der Waals surface area contributed by atoms with Gasteiger partial charge < -0.3 is 64.8 Å². The summed E-state index contributed by atoms with van der Waals surface area (Å²) in [7, 11) is -12.1. The van der Waals surface area contributed by atoms with Crippen LogP contribution in [0.2, 0.25) is 0 Å². The van der Waals surface area contributed by atoms with Gasteiger partial charge in [0.25, 0.3) is 0 Å². The number of halogens is 2. The Balaban J connectivity index is 0.00000341. The first-order valence-corrected chi connectivity index (χ1v) is 28.2. The van der Waals surface area contributed by atoms with E-state index >= 15 is 0 Å². The molecule has 0 spiro atoms. The molecule has 4 unspecified atom stereocenters. The van der Waals surface area contributed by atoms with Crippen LogP contribution < -0.4 is 130 Å². The van der Waals surface area contributed by atoms with Crippen molar-refractivity contribution in [1.29, 1.82) is 0 Å². The van der Waals surface area contributed by atoms with Gasteiger partial charge >= 0.3 is 151 Å². The Morgan fingerprint density at radius 1 is 0.746 bits per heavy atom. The smallest absolute Gasteiger partial charge is 0.390 e. The van der Waals surface area contributed by atoms with E-state index in [1.807, 2.05) is 0 Å². The molecule has 0 aromatic carbocycles. The van der Waals surface area contributed by atoms with Gasteiger partial charge in [-0.1, -0.05) is 59.0 Å². The number of thioether (sulfide) groups is 2. The summed E-state index contributed by atoms with van der Waals surface area (Å²) in [5.41, 5.74) is 13.0. The van der Waals surface area contributed by atoms with E-state index < -0.39 is 94.1 Å². The molecule has 328 valence electrons. The molecule has 0 bridgehead atoms. The molecule has 4 aromatic heterocycles. The van der Waals surface area contributed by atoms with Crippen molar-refractivity contribution in [1.82, 2.24) is 39.0 Å². The number of aromatic nitrogens is 8. The number of hydrogen-bond donors (Lipinski definition) is 10. The Morgan fingerprint density at radius 2 is 1.13 bits per heavy atom. The van der Waals surface area contributed by atoms with E-state index in [-0.39, 0.29) is 165 Å². The maximum absolute atomic E-state index is 13.3. The maximum atomic E-state index is 13.3. The van der Waals surface area contributed by atoms with Crippen LogP contribution >= 0.6 is 87.7 Å². The zero-order valence-corrected chi connectivity index (χ0v) is 50.5. The predicted octanol–water partition coefficient (Wildman–Crippen LogP) is -9.36. The van der Waals surface area contributed by atoms with Crippen molar-refractivity contribution in [3.05, 3.63) is 12.7 Å². The summed E-state index contributed by atoms with van der Waals surface area (Å²) in [4.78, 5) is 57.3. The Hall–Kier alpha value is 3.23. The van der Waals surface area contributed by atoms with Crippen LogP contribution in [0.3, 0.4) is 0 Å². The van der Waals surface area contributed by atoms with Crippen LogP contribution in [0.1, 0.15) is 24.9 Å². The number of nitrogens with zero attached hydrogens (tertiary/aromatic N) is 8. The number of nitrogens with two attached hydrogens (primary N) is 2. The fourth-order valence-corrected chi connectivity index (χ4v) is 16.6. The first-order chi connectivity index (χ1) is 27.3. The van der Waals surface area contributed by atoms with Crippen molar-refractivity contribution in [3.63, 3.8) is 0 Å². The number of nitrogen functional groups attached to an aromatic ring is 2. The Labute approximate surface area is 475 Å². The van der Waals surface area contributed by atoms with E-state index in [1.165, 1.54) is 45.3 Å². The third-order valence-electron chi connectivity index (χ3n) is 9.49. The van der Waals surface area contributed by atoms with Crippen molar-refractivity contribution in [3.8, 4) is 0 Å². The monoisotopic (exact) mass is 1110 g/mol. The summed E-state index contributed by atoms with van der Waals surface area (Å²) in [5.74, 6) is -1.83. The van der Waals surface area contributed by atoms with Crippen LogP contribution in [-0.4, -0.2) is 128 Å². The zero-order chi connectivity index (χ0) is 43.6. The van der Waals surface area contributed by atoms with E-state index in [0.29, 0.717) is 10.3 Å². The van der Waals surface area contributed by atoms with Gasteiger partial charge in [0, 0.05) is 11.8 Å². The summed E-state index contributed by atoms with van der Waals surface area (Å²) in [6, 6.07) is -1.72. The van der Waals surface area contributed by atoms with Crippen molar-refractivity contribution in [2.75, 3.05) is 37.2 Å². The zero-order valence-electron chi connectivity index (χ0n) is 34.0. The molecular weight excluding hydrogens is 1080 g/mol. The Bertz CT molecular complexity index is 2300. The number of imidazole rings is 2. The van der Waals surface area contributed by atoms with E-state index in [4.69, 9.17) is 55.5 Å². The minimum absolute atomic E-state index is 0. The third-order valence-corrected chi connectivity index (χ3v) is 22.3. The number of aliphatic hydroxyl groups excluding tert-OH is 4. The number of rotatable bonds is 16. The molecular formula is C25H36Cl2N10Na4O14P4S4+4. The van der Waals surface area contributed by atoms with Gasteiger partial charge in [-0.3, -0.25) is 9.13 Å². The van der Waals surface area contributed by atoms with Crippen LogP contribution in [0.15, 0.2) is 23.0 Å². The molecule has 2 aliphatic rings. The Kier molecular flexibility index (Phi) is 24.1. The summed E-state index contributed by atoms with van der Waals surface area (Å²) in [6.45, 7) is -11.4. The van der Waals surface area contributed by atoms with Gasteiger partial charge in [0.2, 0.25) is 0 Å². The van der Waals surface area contributed by atoms with E-state index in [9.17, 15) is 48.8 Å². The van der Waals surface area contributed by atoms with E-state index in [2.05, 4.69) is 50.8 Å². The van der Waals surface area contributed by atoms with Gasteiger partial charge in [0.15, 0.2) is 33.2 Å². The first-order valence-electron chi connectivity index (χ1n) is 16.5. The van der Waals surface area contributed by atoms with Crippen LogP contribution in [0.5, 0.6) is 0 Å². The molecule has 11 N–H and O–H groups in total. The molecule has 2 saturated carbocycles. The summed E-state index contributed by atoms with van der Waals surface area (Å²) >= 11 is 22.6. The van der Waals surface area contributed by atoms with Gasteiger partial charge in [-0.25, -0.2) is 43.1 Å². The average Bonchev–Trinajstić information content (AvgIpc) is 3.90. The molecule has 12 atom stereocenters. The molecule has 0 aliphatic heterocycles. The van der Waals surface area contributed by atoms with E-state index in [0.717, 1.165) is 0 Å². The molecule has 0 saturated heterocycles. The van der Waals surface area contributed by atoms with Gasteiger partial charge in [0.1, 0.15) is 23.2 Å². The summed E-state index contributed by atoms with van der Waals surface area (Å²) < 4.78 is 58.2. The maximum Gasteiger partial charge on any atom is 1.00 e. The number of hydrogen-bond acceptors (Lipinski definition) is 22. The SMILES string of the molecule is CSc1nc(N)c2ncn([C@@H]3C[C@H](COP(=O)(S)OP(=O)(O)C(Cl)(Cl)P(=O)(O)OP(O)(=S)OC[C@H]4C[C@@H](n5cnc6c(N)nc(SC)nc65)[C@H](O)[C@@H]4O)[C@@H](O)[C@H]3O)c2n1.[Na+].[Na+].[Na+].[Na+]. The number of anilines is 2. The molecule has 0 radical (unpaired) electrons. The van der Waals surface area contributed by atoms with Gasteiger partial charge in [-0.15, -0.1) is 0 Å². The number of fused-ring (bicyclic) bond motifs is 2. The minimum atomic E-state index is -6.05. The third kappa shape index (κ3) is 13.5. The molecule has 38 heteroatoms. The molecule has 63 heavy (non-hydrogen) atoms. The quantitative estimate of drug-likeness (QED) is 0.0124. The second-order valence-corrected chi connectivity index (χ2v) is 27.4. The van der Waals surface area contributed by atoms with Crippen molar-refractivity contribution < 1.29 is 185 Å². The van der Waals surface area contributed by atoms with Crippen LogP contribution in [0.4, 0.5) is 11.6 Å². The summed E-state index contributed by atoms with van der Waals surface area (Å²) in [5, 5.41) is 44.0. The second kappa shape index (κ2) is 24.3. The molecule has 6 rings (SSSR count). The van der Waals surface area contributed by atoms with Crippen molar-refractivity contribution in [2.24, 2.45) is 11.8 Å². The molecule has 2 aliphatic carbocycles. The topological polar surface area (TPSA) is 369 Å². The fourth-order valence-electron chi connectivity index (χ4n) is 6.55. The molecule has 2 fully saturated rings. The molecule has 4 aromatic rings. The first kappa shape index (κ1) is 62.3. The van der Waals surface area contributed by atoms with Crippen LogP contribution in [0.25, 0.3) is 22.3 Å². The molecule has 0 amide bonds.